The van der Waals surface area contributed by atoms with Crippen LogP contribution in [0.4, 0.5) is 0 Å². The number of sulfonamides is 1. The lowest BCUT2D eigenvalue weighted by Gasteiger charge is -2.26. The van der Waals surface area contributed by atoms with E-state index >= 15 is 0 Å². The number of rotatable bonds is 3. The molecule has 1 aromatic rings. The van der Waals surface area contributed by atoms with Crippen molar-refractivity contribution in [2.24, 2.45) is 5.73 Å². The minimum absolute atomic E-state index is 0. The number of thiophene rings is 1. The van der Waals surface area contributed by atoms with Crippen molar-refractivity contribution in [3.05, 3.63) is 15.8 Å². The van der Waals surface area contributed by atoms with Crippen LogP contribution in [0.1, 0.15) is 35.4 Å². The number of hydrogen-bond donors (Lipinski definition) is 2. The van der Waals surface area contributed by atoms with Crippen molar-refractivity contribution in [3.8, 4) is 0 Å². The zero-order valence-electron chi connectivity index (χ0n) is 11.2. The van der Waals surface area contributed by atoms with Crippen molar-refractivity contribution < 1.29 is 8.42 Å². The zero-order valence-corrected chi connectivity index (χ0v) is 13.6. The topological polar surface area (TPSA) is 72.2 Å². The van der Waals surface area contributed by atoms with Crippen molar-refractivity contribution in [1.29, 1.82) is 0 Å². The molecule has 0 radical (unpaired) electrons. The zero-order chi connectivity index (χ0) is 13.3. The summed E-state index contributed by atoms with van der Waals surface area (Å²) in [6, 6.07) is 2.02. The summed E-state index contributed by atoms with van der Waals surface area (Å²) in [6.07, 6.45) is 3.47. The van der Waals surface area contributed by atoms with Gasteiger partial charge in [0.1, 0.15) is 0 Å². The minimum Gasteiger partial charge on any atom is -0.328 e. The first kappa shape index (κ1) is 16.9. The predicted octanol–water partition coefficient (Wildman–Crippen LogP) is 2.33. The highest BCUT2D eigenvalue weighted by molar-refractivity contribution is 7.89. The molecule has 3 N–H and O–H groups in total. The molecule has 0 atom stereocenters. The van der Waals surface area contributed by atoms with Gasteiger partial charge in [0.2, 0.25) is 10.0 Å². The van der Waals surface area contributed by atoms with Crippen LogP contribution in [0.2, 0.25) is 0 Å². The minimum atomic E-state index is -3.37. The Morgan fingerprint density at radius 2 is 1.84 bits per heavy atom. The largest absolute Gasteiger partial charge is 0.328 e. The van der Waals surface area contributed by atoms with Crippen LogP contribution < -0.4 is 10.5 Å². The Hall–Kier alpha value is -0.140. The van der Waals surface area contributed by atoms with E-state index in [4.69, 9.17) is 5.73 Å². The molecule has 0 saturated heterocycles. The van der Waals surface area contributed by atoms with E-state index in [1.807, 2.05) is 13.8 Å². The molecule has 7 heteroatoms. The Labute approximate surface area is 125 Å². The van der Waals surface area contributed by atoms with E-state index in [1.165, 1.54) is 11.3 Å². The molecule has 1 heterocycles. The number of aryl methyl sites for hydroxylation is 2. The van der Waals surface area contributed by atoms with E-state index in [0.717, 1.165) is 35.4 Å². The molecule has 0 unspecified atom stereocenters. The first-order chi connectivity index (χ1) is 8.38. The summed E-state index contributed by atoms with van der Waals surface area (Å²) in [4.78, 5) is 2.31. The molecule has 110 valence electrons. The van der Waals surface area contributed by atoms with E-state index in [9.17, 15) is 8.42 Å². The van der Waals surface area contributed by atoms with Crippen molar-refractivity contribution in [2.75, 3.05) is 0 Å². The second-order valence-corrected chi connectivity index (χ2v) is 8.15. The summed E-state index contributed by atoms with van der Waals surface area (Å²) < 4.78 is 27.4. The molecular weight excluding hydrogens is 304 g/mol. The Kier molecular flexibility index (Phi) is 5.82. The standard InChI is InChI=1S/C12H20N2O2S2.ClH/c1-8-7-12(9(2)17-8)18(15,16)14-11-5-3-10(13)4-6-11;/h7,10-11,14H,3-6,13H2,1-2H3;1H. The van der Waals surface area contributed by atoms with E-state index < -0.39 is 10.0 Å². The first-order valence-corrected chi connectivity index (χ1v) is 8.53. The molecule has 1 aliphatic rings. The third-order valence-corrected chi connectivity index (χ3v) is 6.12. The molecule has 1 aromatic heterocycles. The van der Waals surface area contributed by atoms with Gasteiger partial charge in [-0.3, -0.25) is 0 Å². The maximum Gasteiger partial charge on any atom is 0.241 e. The Morgan fingerprint density at radius 1 is 1.26 bits per heavy atom. The summed E-state index contributed by atoms with van der Waals surface area (Å²) in [7, 11) is -3.37. The summed E-state index contributed by atoms with van der Waals surface area (Å²) in [6.45, 7) is 3.78. The second kappa shape index (κ2) is 6.54. The summed E-state index contributed by atoms with van der Waals surface area (Å²) >= 11 is 1.52. The fourth-order valence-corrected chi connectivity index (χ4v) is 5.25. The molecule has 1 aliphatic carbocycles. The third-order valence-electron chi connectivity index (χ3n) is 3.38. The van der Waals surface area contributed by atoms with Crippen LogP contribution in [0, 0.1) is 13.8 Å². The van der Waals surface area contributed by atoms with E-state index in [2.05, 4.69) is 4.72 Å². The monoisotopic (exact) mass is 324 g/mol. The lowest BCUT2D eigenvalue weighted by molar-refractivity contribution is 0.373. The van der Waals surface area contributed by atoms with Crippen LogP contribution in [0.25, 0.3) is 0 Å². The summed E-state index contributed by atoms with van der Waals surface area (Å²) in [5.74, 6) is 0. The lowest BCUT2D eigenvalue weighted by Crippen LogP contribution is -2.40. The molecule has 0 aromatic carbocycles. The smallest absolute Gasteiger partial charge is 0.241 e. The second-order valence-electron chi connectivity index (χ2n) is 5.01. The summed E-state index contributed by atoms with van der Waals surface area (Å²) in [5.41, 5.74) is 5.82. The van der Waals surface area contributed by atoms with Crippen molar-refractivity contribution in [2.45, 2.75) is 56.5 Å². The third kappa shape index (κ3) is 4.16. The van der Waals surface area contributed by atoms with Gasteiger partial charge in [0.25, 0.3) is 0 Å². The molecule has 2 rings (SSSR count). The normalized spacial score (nSPS) is 23.9. The Morgan fingerprint density at radius 3 is 2.32 bits per heavy atom. The van der Waals surface area contributed by atoms with Crippen LogP contribution in [0.15, 0.2) is 11.0 Å². The van der Waals surface area contributed by atoms with Crippen molar-refractivity contribution in [1.82, 2.24) is 4.72 Å². The van der Waals surface area contributed by atoms with E-state index in [0.29, 0.717) is 4.90 Å². The number of hydrogen-bond acceptors (Lipinski definition) is 4. The summed E-state index contributed by atoms with van der Waals surface area (Å²) in [5, 5.41) is 0. The SMILES string of the molecule is Cc1cc(S(=O)(=O)NC2CCC(N)CC2)c(C)s1.Cl. The van der Waals surface area contributed by atoms with Crippen LogP contribution in [-0.2, 0) is 10.0 Å². The van der Waals surface area contributed by atoms with Gasteiger partial charge in [-0.2, -0.15) is 0 Å². The Bertz CT molecular complexity index is 520. The van der Waals surface area contributed by atoms with Gasteiger partial charge in [-0.25, -0.2) is 13.1 Å². The number of nitrogens with one attached hydrogen (secondary N) is 1. The van der Waals surface area contributed by atoms with Gasteiger partial charge >= 0.3 is 0 Å². The van der Waals surface area contributed by atoms with Gasteiger partial charge in [-0.1, -0.05) is 0 Å². The average Bonchev–Trinajstić information content (AvgIpc) is 2.62. The van der Waals surface area contributed by atoms with Crippen LogP contribution in [-0.4, -0.2) is 20.5 Å². The van der Waals surface area contributed by atoms with Gasteiger partial charge in [-0.05, 0) is 45.6 Å². The van der Waals surface area contributed by atoms with Crippen molar-refractivity contribution in [3.63, 3.8) is 0 Å². The van der Waals surface area contributed by atoms with Crippen molar-refractivity contribution >= 4 is 33.8 Å². The van der Waals surface area contributed by atoms with Gasteiger partial charge in [0, 0.05) is 21.8 Å². The fraction of sp³-hybridized carbons (Fsp3) is 0.667. The lowest BCUT2D eigenvalue weighted by atomic mass is 9.93. The maximum absolute atomic E-state index is 12.3. The highest BCUT2D eigenvalue weighted by Gasteiger charge is 2.26. The molecule has 4 nitrogen and oxygen atoms in total. The van der Waals surface area contributed by atoms with Gasteiger partial charge in [0.05, 0.1) is 4.90 Å². The quantitative estimate of drug-likeness (QED) is 0.896. The number of nitrogens with two attached hydrogens (primary N) is 1. The predicted molar refractivity (Wildman–Crippen MR) is 81.6 cm³/mol. The highest BCUT2D eigenvalue weighted by Crippen LogP contribution is 2.26. The molecule has 0 spiro atoms. The Balaban J connectivity index is 0.00000180. The van der Waals surface area contributed by atoms with Gasteiger partial charge in [0.15, 0.2) is 0 Å². The first-order valence-electron chi connectivity index (χ1n) is 6.23. The van der Waals surface area contributed by atoms with E-state index in [-0.39, 0.29) is 24.5 Å². The molecular formula is C12H21ClN2O2S2. The molecule has 1 saturated carbocycles. The van der Waals surface area contributed by atoms with Crippen LogP contribution in [0.3, 0.4) is 0 Å². The van der Waals surface area contributed by atoms with Gasteiger partial charge in [-0.15, -0.1) is 23.7 Å². The van der Waals surface area contributed by atoms with E-state index in [1.54, 1.807) is 6.07 Å². The highest BCUT2D eigenvalue weighted by atomic mass is 35.5. The maximum atomic E-state index is 12.3. The number of halogens is 1. The fourth-order valence-electron chi connectivity index (χ4n) is 2.39. The average molecular weight is 325 g/mol. The molecule has 19 heavy (non-hydrogen) atoms. The molecule has 0 aliphatic heterocycles. The van der Waals surface area contributed by atoms with Crippen LogP contribution >= 0.6 is 23.7 Å². The molecule has 1 fully saturated rings. The molecule has 0 bridgehead atoms. The van der Waals surface area contributed by atoms with Gasteiger partial charge < -0.3 is 5.73 Å². The molecule has 0 amide bonds. The van der Waals surface area contributed by atoms with Crippen LogP contribution in [0.5, 0.6) is 0 Å².